The van der Waals surface area contributed by atoms with Crippen molar-refractivity contribution in [1.29, 1.82) is 0 Å². The average Bonchev–Trinajstić information content (AvgIpc) is 2.73. The van der Waals surface area contributed by atoms with Gasteiger partial charge in [-0.05, 0) is 12.8 Å². The van der Waals surface area contributed by atoms with Gasteiger partial charge in [0.05, 0.1) is 5.71 Å². The van der Waals surface area contributed by atoms with Crippen molar-refractivity contribution >= 4 is 17.3 Å². The summed E-state index contributed by atoms with van der Waals surface area (Å²) in [6, 6.07) is 10.9. The molecule has 0 bridgehead atoms. The van der Waals surface area contributed by atoms with E-state index in [1.165, 1.54) is 19.2 Å². The minimum atomic E-state index is -0.575. The summed E-state index contributed by atoms with van der Waals surface area (Å²) in [7, 11) is 0. The van der Waals surface area contributed by atoms with E-state index in [-0.39, 0.29) is 5.56 Å². The fourth-order valence-corrected chi connectivity index (χ4v) is 6.85. The van der Waals surface area contributed by atoms with E-state index in [1.54, 1.807) is 23.0 Å². The van der Waals surface area contributed by atoms with E-state index < -0.39 is 37.5 Å². The number of hydrogen-bond donors (Lipinski definition) is 0. The number of aliphatic imine (C=N–C) groups is 1. The third kappa shape index (κ3) is 5.73. The number of halogens is 1. The molecule has 0 atom stereocenters. The summed E-state index contributed by atoms with van der Waals surface area (Å²) in [4.78, 5) is 16.8. The molecule has 0 radical (unpaired) electrons. The zero-order chi connectivity index (χ0) is 20.9. The number of ether oxygens (including phenoxy) is 2. The van der Waals surface area contributed by atoms with Gasteiger partial charge in [0.1, 0.15) is 12.4 Å². The Morgan fingerprint density at radius 3 is 2.60 bits per heavy atom. The molecule has 1 saturated heterocycles. The van der Waals surface area contributed by atoms with Gasteiger partial charge in [0.15, 0.2) is 0 Å². The Labute approximate surface area is 202 Å². The summed E-state index contributed by atoms with van der Waals surface area (Å²) in [6.07, 6.45) is 4.95. The van der Waals surface area contributed by atoms with E-state index in [2.05, 4.69) is 8.42 Å². The topological polar surface area (TPSA) is 56.1 Å². The molecular formula is C22H24ClN3O3Pr. The van der Waals surface area contributed by atoms with Crippen LogP contribution in [0.5, 0.6) is 11.5 Å². The van der Waals surface area contributed by atoms with E-state index >= 15 is 0 Å². The van der Waals surface area contributed by atoms with Crippen LogP contribution in [0.4, 0.5) is 0 Å². The van der Waals surface area contributed by atoms with Crippen molar-refractivity contribution in [3.05, 3.63) is 64.2 Å². The number of rotatable bonds is 8. The first-order chi connectivity index (χ1) is 14.6. The van der Waals surface area contributed by atoms with Crippen LogP contribution in [0.1, 0.15) is 12.8 Å². The molecule has 1 aromatic carbocycles. The van der Waals surface area contributed by atoms with Crippen LogP contribution in [0.3, 0.4) is 0 Å². The summed E-state index contributed by atoms with van der Waals surface area (Å²) in [5.74, 6) is 2.03. The molecule has 2 aliphatic heterocycles. The van der Waals surface area contributed by atoms with Gasteiger partial charge in [0.25, 0.3) is 0 Å². The summed E-state index contributed by atoms with van der Waals surface area (Å²) in [5, 5.41) is 0.756. The molecule has 0 saturated carbocycles. The van der Waals surface area contributed by atoms with E-state index in [9.17, 15) is 4.79 Å². The van der Waals surface area contributed by atoms with Crippen molar-refractivity contribution in [2.75, 3.05) is 26.3 Å². The molecule has 6 nitrogen and oxygen atoms in total. The van der Waals surface area contributed by atoms with Crippen LogP contribution < -0.4 is 15.0 Å². The monoisotopic (exact) mass is 554 g/mol. The third-order valence-electron chi connectivity index (χ3n) is 5.29. The second kappa shape index (κ2) is 10.4. The van der Waals surface area contributed by atoms with Gasteiger partial charge in [-0.3, -0.25) is 4.99 Å². The Morgan fingerprint density at radius 1 is 1.13 bits per heavy atom. The Morgan fingerprint density at radius 2 is 1.93 bits per heavy atom. The van der Waals surface area contributed by atoms with Crippen LogP contribution in [-0.2, 0) is 0 Å². The van der Waals surface area contributed by atoms with E-state index in [0.717, 1.165) is 41.6 Å². The van der Waals surface area contributed by atoms with Gasteiger partial charge >= 0.3 is 140 Å². The van der Waals surface area contributed by atoms with Gasteiger partial charge in [-0.1, -0.05) is 11.6 Å². The standard InChI is InChI=1S/C21H21ClN3O3.CH3.Pr/c22-16-1-2-17(24-12-16)14-28-20-7-8-25(21(26)9-20)18-3-5-19(6-4-18)27-13-15-10-23-11-15;;/h3-9,12,15H,1-2,10-11,13-14H2;1H3;/q-1;;+1. The van der Waals surface area contributed by atoms with Crippen LogP contribution in [-0.4, -0.2) is 37.5 Å². The molecule has 30 heavy (non-hydrogen) atoms. The molecule has 0 aliphatic carbocycles. The van der Waals surface area contributed by atoms with Crippen LogP contribution in [0.2, 0.25) is 2.51 Å². The summed E-state index contributed by atoms with van der Waals surface area (Å²) in [6.45, 7) is 3.52. The number of benzene rings is 1. The molecule has 2 aromatic rings. The second-order valence-electron chi connectivity index (χ2n) is 7.51. The first-order valence-electron chi connectivity index (χ1n) is 10.1. The van der Waals surface area contributed by atoms with Gasteiger partial charge in [-0.2, -0.15) is 0 Å². The minimum absolute atomic E-state index is 0.143. The zero-order valence-electron chi connectivity index (χ0n) is 17.0. The molecule has 4 rings (SSSR count). The molecule has 0 spiro atoms. The van der Waals surface area contributed by atoms with Crippen LogP contribution in [0.25, 0.3) is 5.69 Å². The molecule has 0 amide bonds. The van der Waals surface area contributed by atoms with Crippen molar-refractivity contribution in [2.45, 2.75) is 15.3 Å². The fourth-order valence-electron chi connectivity index (χ4n) is 3.44. The molecular weight excluding hydrogens is 531 g/mol. The molecule has 2 aliphatic rings. The third-order valence-corrected chi connectivity index (χ3v) is 9.27. The normalized spacial score (nSPS) is 16.9. The number of nitrogens with zero attached hydrogens (tertiary/aromatic N) is 3. The second-order valence-corrected chi connectivity index (χ2v) is 12.0. The maximum atomic E-state index is 12.5. The summed E-state index contributed by atoms with van der Waals surface area (Å²) in [5.41, 5.74) is 1.58. The molecule has 155 valence electrons. The van der Waals surface area contributed by atoms with Gasteiger partial charge in [0.2, 0.25) is 0 Å². The van der Waals surface area contributed by atoms with Crippen molar-refractivity contribution in [2.24, 2.45) is 10.9 Å². The predicted octanol–water partition coefficient (Wildman–Crippen LogP) is 3.89. The molecule has 0 unspecified atom stereocenters. The quantitative estimate of drug-likeness (QED) is 0.497. The first-order valence-corrected chi connectivity index (χ1v) is 15.9. The van der Waals surface area contributed by atoms with Crippen LogP contribution in [0, 0.1) is 43.4 Å². The Hall–Kier alpha value is -1.21. The maximum absolute atomic E-state index is 12.5. The Bertz CT molecular complexity index is 997. The van der Waals surface area contributed by atoms with Crippen molar-refractivity contribution < 1.29 is 47.0 Å². The van der Waals surface area contributed by atoms with Gasteiger partial charge in [-0.25, -0.2) is 0 Å². The molecule has 1 aromatic heterocycles. The van der Waals surface area contributed by atoms with Gasteiger partial charge < -0.3 is 4.74 Å². The van der Waals surface area contributed by atoms with E-state index in [4.69, 9.17) is 21.1 Å². The van der Waals surface area contributed by atoms with Crippen LogP contribution >= 0.6 is 11.6 Å². The Balaban J connectivity index is 1.33. The number of allylic oxidation sites excluding steroid dienone is 1. The summed E-state index contributed by atoms with van der Waals surface area (Å²) < 4.78 is 18.2. The van der Waals surface area contributed by atoms with Crippen molar-refractivity contribution in [3.63, 3.8) is 0 Å². The van der Waals surface area contributed by atoms with E-state index in [1.807, 2.05) is 24.3 Å². The van der Waals surface area contributed by atoms with Gasteiger partial charge in [-0.15, -0.1) is 0 Å². The van der Waals surface area contributed by atoms with Crippen LogP contribution in [0.15, 0.2) is 63.6 Å². The molecule has 8 heteroatoms. The molecule has 3 heterocycles. The van der Waals surface area contributed by atoms with Gasteiger partial charge in [0, 0.05) is 11.2 Å². The number of aromatic nitrogens is 1. The first kappa shape index (κ1) is 22.0. The van der Waals surface area contributed by atoms with Crippen molar-refractivity contribution in [3.8, 4) is 17.2 Å². The Kier molecular flexibility index (Phi) is 7.63. The predicted molar refractivity (Wildman–Crippen MR) is 115 cm³/mol. The molecule has 0 N–H and O–H groups in total. The van der Waals surface area contributed by atoms with Crippen molar-refractivity contribution in [1.82, 2.24) is 5.49 Å². The summed E-state index contributed by atoms with van der Waals surface area (Å²) >= 11 is 5.34. The zero-order valence-corrected chi connectivity index (χ0v) is 21.4. The average molecular weight is 555 g/mol. The molecule has 1 fully saturated rings. The van der Waals surface area contributed by atoms with E-state index in [0.29, 0.717) is 18.3 Å². The SMILES string of the molecule is [CH3][Pr][N]1CC(COc2ccc(-n3ccc(OCC4=NC=C(Cl)CC4)cc3=O)cc2)C1. The number of hydrogen-bond acceptors (Lipinski definition) is 5. The fraction of sp³-hybridized carbons (Fsp3) is 0.364. The number of pyridine rings is 1.